The molecule has 0 atom stereocenters. The molecule has 0 unspecified atom stereocenters. The molecule has 0 N–H and O–H groups in total. The van der Waals surface area contributed by atoms with E-state index in [4.69, 9.17) is 10.9 Å². The van der Waals surface area contributed by atoms with E-state index in [1.165, 1.54) is 29.2 Å². The zero-order valence-electron chi connectivity index (χ0n) is 12.8. The minimum atomic E-state index is -0.469. The zero-order chi connectivity index (χ0) is 16.4. The number of benzene rings is 1. The lowest BCUT2D eigenvalue weighted by atomic mass is 10.0. The van der Waals surface area contributed by atoms with Gasteiger partial charge in [0.1, 0.15) is 0 Å². The molecule has 0 fully saturated rings. The number of aromatic nitrogens is 2. The van der Waals surface area contributed by atoms with Crippen LogP contribution in [0.3, 0.4) is 0 Å². The largest absolute Gasteiger partial charge is 0.351 e. The van der Waals surface area contributed by atoms with Crippen molar-refractivity contribution in [1.29, 1.82) is 0 Å². The Kier molecular flexibility index (Phi) is 4.13. The fraction of sp³-hybridized carbons (Fsp3) is 0.235. The van der Waals surface area contributed by atoms with Gasteiger partial charge < -0.3 is 9.09 Å². The number of hydrogen-bond acceptors (Lipinski definition) is 4. The first-order valence-corrected chi connectivity index (χ1v) is 7.98. The van der Waals surface area contributed by atoms with Crippen LogP contribution in [-0.4, -0.2) is 15.6 Å². The number of nitrogens with zero attached hydrogens (tertiary/aromatic N) is 3. The first kappa shape index (κ1) is 15.3. The summed E-state index contributed by atoms with van der Waals surface area (Å²) in [5.74, 6) is 2.68. The summed E-state index contributed by atoms with van der Waals surface area (Å²) in [5, 5.41) is 3.53. The summed E-state index contributed by atoms with van der Waals surface area (Å²) < 4.78 is 7.76. The molecular weight excluding hydrogens is 310 g/mol. The third-order valence-corrected chi connectivity index (χ3v) is 4.51. The van der Waals surface area contributed by atoms with Crippen LogP contribution in [0.25, 0.3) is 10.2 Å². The Morgan fingerprint density at radius 1 is 1.48 bits per heavy atom. The molecule has 0 saturated heterocycles. The molecule has 0 radical (unpaired) electrons. The summed E-state index contributed by atoms with van der Waals surface area (Å²) in [4.78, 5) is 16.8. The van der Waals surface area contributed by atoms with Crippen molar-refractivity contribution in [3.8, 4) is 12.3 Å². The molecule has 0 spiro atoms. The zero-order valence-corrected chi connectivity index (χ0v) is 13.6. The minimum Gasteiger partial charge on any atom is -0.351 e. The monoisotopic (exact) mass is 325 g/mol. The highest BCUT2D eigenvalue weighted by Gasteiger charge is 2.12. The quantitative estimate of drug-likeness (QED) is 0.695. The van der Waals surface area contributed by atoms with Gasteiger partial charge in [0, 0.05) is 6.07 Å². The van der Waals surface area contributed by atoms with Crippen LogP contribution in [0, 0.1) is 12.3 Å². The Labute approximate surface area is 137 Å². The number of amides is 1. The molecule has 116 valence electrons. The normalized spacial score (nSPS) is 12.0. The summed E-state index contributed by atoms with van der Waals surface area (Å²) in [5.41, 5.74) is 2.21. The molecule has 0 bridgehead atoms. The number of carbonyl (C=O) groups is 1. The molecule has 3 aromatic rings. The third kappa shape index (κ3) is 2.96. The van der Waals surface area contributed by atoms with Gasteiger partial charge in [0.15, 0.2) is 4.80 Å². The lowest BCUT2D eigenvalue weighted by molar-refractivity contribution is 0.0962. The molecule has 1 aromatic carbocycles. The summed E-state index contributed by atoms with van der Waals surface area (Å²) in [7, 11) is 0. The highest BCUT2D eigenvalue weighted by Crippen LogP contribution is 2.23. The number of terminal acetylenes is 1. The van der Waals surface area contributed by atoms with Gasteiger partial charge in [-0.05, 0) is 23.6 Å². The van der Waals surface area contributed by atoms with Crippen molar-refractivity contribution < 1.29 is 9.32 Å². The fourth-order valence-electron chi connectivity index (χ4n) is 2.25. The first-order chi connectivity index (χ1) is 11.1. The van der Waals surface area contributed by atoms with Crippen molar-refractivity contribution >= 4 is 27.5 Å². The SMILES string of the molecule is C#CCn1c(=NC(=O)c2ccno2)sc2cc(C(C)C)ccc21. The molecule has 3 rings (SSSR count). The molecule has 0 aliphatic rings. The van der Waals surface area contributed by atoms with Gasteiger partial charge in [0.25, 0.3) is 0 Å². The predicted molar refractivity (Wildman–Crippen MR) is 89.1 cm³/mol. The fourth-order valence-corrected chi connectivity index (χ4v) is 3.32. The van der Waals surface area contributed by atoms with Crippen molar-refractivity contribution in [3.05, 3.63) is 46.6 Å². The second-order valence-electron chi connectivity index (χ2n) is 5.35. The van der Waals surface area contributed by atoms with Gasteiger partial charge in [0.2, 0.25) is 5.76 Å². The number of thiazole rings is 1. The second kappa shape index (κ2) is 6.23. The summed E-state index contributed by atoms with van der Waals surface area (Å²) >= 11 is 1.44. The average molecular weight is 325 g/mol. The van der Waals surface area contributed by atoms with E-state index < -0.39 is 5.91 Å². The molecule has 6 heteroatoms. The van der Waals surface area contributed by atoms with Gasteiger partial charge in [-0.25, -0.2) is 0 Å². The smallest absolute Gasteiger partial charge is 0.318 e. The molecule has 2 heterocycles. The molecule has 0 aliphatic carbocycles. The van der Waals surface area contributed by atoms with Gasteiger partial charge in [0.05, 0.1) is 23.0 Å². The average Bonchev–Trinajstić information content (AvgIpc) is 3.16. The summed E-state index contributed by atoms with van der Waals surface area (Å²) in [6.07, 6.45) is 6.88. The van der Waals surface area contributed by atoms with Crippen LogP contribution in [0.1, 0.15) is 35.9 Å². The Hall–Kier alpha value is -2.65. The standard InChI is InChI=1S/C17H15N3O2S/c1-4-9-20-13-6-5-12(11(2)3)10-15(13)23-17(20)19-16(21)14-7-8-18-22-14/h1,5-8,10-11H,9H2,2-3H3. The van der Waals surface area contributed by atoms with Crippen LogP contribution in [0.5, 0.6) is 0 Å². The summed E-state index contributed by atoms with van der Waals surface area (Å²) in [6, 6.07) is 7.71. The van der Waals surface area contributed by atoms with E-state index in [1.54, 1.807) is 0 Å². The molecule has 0 aliphatic heterocycles. The number of fused-ring (bicyclic) bond motifs is 1. The Bertz CT molecular complexity index is 956. The van der Waals surface area contributed by atoms with E-state index in [0.717, 1.165) is 10.2 Å². The van der Waals surface area contributed by atoms with Crippen LogP contribution >= 0.6 is 11.3 Å². The van der Waals surface area contributed by atoms with Crippen molar-refractivity contribution in [2.75, 3.05) is 0 Å². The van der Waals surface area contributed by atoms with Crippen LogP contribution < -0.4 is 4.80 Å². The van der Waals surface area contributed by atoms with E-state index in [2.05, 4.69) is 42.0 Å². The van der Waals surface area contributed by atoms with Gasteiger partial charge in [-0.3, -0.25) is 4.79 Å². The Morgan fingerprint density at radius 3 is 2.96 bits per heavy atom. The Balaban J connectivity index is 2.17. The van der Waals surface area contributed by atoms with Crippen LogP contribution in [-0.2, 0) is 6.54 Å². The maximum absolute atomic E-state index is 12.1. The first-order valence-electron chi connectivity index (χ1n) is 7.16. The predicted octanol–water partition coefficient (Wildman–Crippen LogP) is 3.19. The minimum absolute atomic E-state index is 0.109. The molecule has 5 nitrogen and oxygen atoms in total. The lowest BCUT2D eigenvalue weighted by Gasteiger charge is -2.05. The van der Waals surface area contributed by atoms with E-state index in [1.807, 2.05) is 10.6 Å². The van der Waals surface area contributed by atoms with Crippen molar-refractivity contribution in [2.24, 2.45) is 4.99 Å². The Morgan fingerprint density at radius 2 is 2.30 bits per heavy atom. The molecule has 0 saturated carbocycles. The highest BCUT2D eigenvalue weighted by atomic mass is 32.1. The molecular formula is C17H15N3O2S. The van der Waals surface area contributed by atoms with E-state index in [0.29, 0.717) is 17.3 Å². The van der Waals surface area contributed by atoms with Crippen LogP contribution in [0.15, 0.2) is 40.0 Å². The van der Waals surface area contributed by atoms with E-state index in [-0.39, 0.29) is 5.76 Å². The van der Waals surface area contributed by atoms with Crippen molar-refractivity contribution in [2.45, 2.75) is 26.3 Å². The van der Waals surface area contributed by atoms with Gasteiger partial charge >= 0.3 is 5.91 Å². The number of rotatable bonds is 3. The lowest BCUT2D eigenvalue weighted by Crippen LogP contribution is -2.16. The topological polar surface area (TPSA) is 60.4 Å². The van der Waals surface area contributed by atoms with Gasteiger partial charge in [-0.1, -0.05) is 42.3 Å². The maximum atomic E-state index is 12.1. The van der Waals surface area contributed by atoms with E-state index in [9.17, 15) is 4.79 Å². The van der Waals surface area contributed by atoms with Crippen molar-refractivity contribution in [3.63, 3.8) is 0 Å². The highest BCUT2D eigenvalue weighted by molar-refractivity contribution is 7.16. The van der Waals surface area contributed by atoms with Gasteiger partial charge in [-0.15, -0.1) is 6.42 Å². The molecule has 2 aromatic heterocycles. The van der Waals surface area contributed by atoms with Crippen LogP contribution in [0.4, 0.5) is 0 Å². The third-order valence-electron chi connectivity index (χ3n) is 3.47. The number of carbonyl (C=O) groups excluding carboxylic acids is 1. The van der Waals surface area contributed by atoms with Crippen LogP contribution in [0.2, 0.25) is 0 Å². The second-order valence-corrected chi connectivity index (χ2v) is 6.36. The molecule has 23 heavy (non-hydrogen) atoms. The van der Waals surface area contributed by atoms with E-state index >= 15 is 0 Å². The van der Waals surface area contributed by atoms with Gasteiger partial charge in [-0.2, -0.15) is 4.99 Å². The maximum Gasteiger partial charge on any atom is 0.318 e. The number of hydrogen-bond donors (Lipinski definition) is 0. The molecule has 1 amide bonds. The van der Waals surface area contributed by atoms with Crippen molar-refractivity contribution in [1.82, 2.24) is 9.72 Å². The summed E-state index contributed by atoms with van der Waals surface area (Å²) in [6.45, 7) is 4.63.